The lowest BCUT2D eigenvalue weighted by Crippen LogP contribution is -2.38. The van der Waals surface area contributed by atoms with E-state index < -0.39 is 5.82 Å². The number of nitrogens with two attached hydrogens (primary N) is 1. The van der Waals surface area contributed by atoms with Crippen molar-refractivity contribution in [2.24, 2.45) is 5.92 Å². The highest BCUT2D eigenvalue weighted by Crippen LogP contribution is 2.31. The van der Waals surface area contributed by atoms with Gasteiger partial charge in [-0.05, 0) is 50.8 Å². The SMILES string of the molecule is CC(C)N(CC1CC1)C(=O)c1cc(F)ccc1N. The quantitative estimate of drug-likeness (QED) is 0.835. The fourth-order valence-corrected chi connectivity index (χ4v) is 1.98. The van der Waals surface area contributed by atoms with Crippen LogP contribution in [0.4, 0.5) is 10.1 Å². The van der Waals surface area contributed by atoms with Crippen LogP contribution in [0, 0.1) is 11.7 Å². The molecule has 1 amide bonds. The first-order valence-electron chi connectivity index (χ1n) is 6.35. The Hall–Kier alpha value is -1.58. The predicted molar refractivity (Wildman–Crippen MR) is 69.7 cm³/mol. The lowest BCUT2D eigenvalue weighted by molar-refractivity contribution is 0.0697. The third kappa shape index (κ3) is 2.81. The molecule has 0 heterocycles. The first-order chi connectivity index (χ1) is 8.49. The highest BCUT2D eigenvalue weighted by molar-refractivity contribution is 5.99. The lowest BCUT2D eigenvalue weighted by Gasteiger charge is -2.27. The van der Waals surface area contributed by atoms with E-state index in [0.29, 0.717) is 11.6 Å². The summed E-state index contributed by atoms with van der Waals surface area (Å²) in [5.74, 6) is 0.00251. The van der Waals surface area contributed by atoms with Gasteiger partial charge in [0.15, 0.2) is 0 Å². The minimum atomic E-state index is -0.428. The van der Waals surface area contributed by atoms with Gasteiger partial charge in [-0.1, -0.05) is 0 Å². The molecule has 2 rings (SSSR count). The van der Waals surface area contributed by atoms with Gasteiger partial charge in [0.05, 0.1) is 5.56 Å². The van der Waals surface area contributed by atoms with Crippen LogP contribution in [0.3, 0.4) is 0 Å². The summed E-state index contributed by atoms with van der Waals surface area (Å²) in [6.07, 6.45) is 2.35. The average molecular weight is 250 g/mol. The number of amides is 1. The van der Waals surface area contributed by atoms with Crippen molar-refractivity contribution < 1.29 is 9.18 Å². The number of nitrogen functional groups attached to an aromatic ring is 1. The number of anilines is 1. The zero-order valence-electron chi connectivity index (χ0n) is 10.8. The van der Waals surface area contributed by atoms with Crippen molar-refractivity contribution in [3.05, 3.63) is 29.6 Å². The summed E-state index contributed by atoms with van der Waals surface area (Å²) in [6, 6.07) is 4.03. The van der Waals surface area contributed by atoms with E-state index in [9.17, 15) is 9.18 Å². The highest BCUT2D eigenvalue weighted by atomic mass is 19.1. The molecule has 0 spiro atoms. The molecular formula is C14H19FN2O. The van der Waals surface area contributed by atoms with E-state index in [2.05, 4.69) is 0 Å². The Morgan fingerprint density at radius 3 is 2.72 bits per heavy atom. The van der Waals surface area contributed by atoms with E-state index in [1.165, 1.54) is 31.0 Å². The van der Waals surface area contributed by atoms with E-state index in [-0.39, 0.29) is 17.5 Å². The van der Waals surface area contributed by atoms with Crippen LogP contribution in [0.1, 0.15) is 37.0 Å². The Bertz CT molecular complexity index is 455. The third-order valence-electron chi connectivity index (χ3n) is 3.28. The summed E-state index contributed by atoms with van der Waals surface area (Å²) in [5, 5.41) is 0. The Labute approximate surface area is 107 Å². The molecule has 1 fully saturated rings. The summed E-state index contributed by atoms with van der Waals surface area (Å²) in [4.78, 5) is 14.2. The number of carbonyl (C=O) groups excluding carboxylic acids is 1. The van der Waals surface area contributed by atoms with Gasteiger partial charge in [-0.15, -0.1) is 0 Å². The Balaban J connectivity index is 2.23. The van der Waals surface area contributed by atoms with Gasteiger partial charge in [0.25, 0.3) is 5.91 Å². The smallest absolute Gasteiger partial charge is 0.256 e. The molecule has 1 aromatic carbocycles. The molecule has 1 aromatic rings. The van der Waals surface area contributed by atoms with Gasteiger partial charge in [-0.3, -0.25) is 4.79 Å². The standard InChI is InChI=1S/C14H19FN2O/c1-9(2)17(8-10-3-4-10)14(18)12-7-11(15)5-6-13(12)16/h5-7,9-10H,3-4,8,16H2,1-2H3. The Morgan fingerprint density at radius 1 is 1.50 bits per heavy atom. The van der Waals surface area contributed by atoms with Crippen LogP contribution < -0.4 is 5.73 Å². The predicted octanol–water partition coefficient (Wildman–Crippen LogP) is 2.67. The maximum Gasteiger partial charge on any atom is 0.256 e. The van der Waals surface area contributed by atoms with Crippen LogP contribution in [0.25, 0.3) is 0 Å². The normalized spacial score (nSPS) is 14.9. The van der Waals surface area contributed by atoms with Gasteiger partial charge in [0.1, 0.15) is 5.82 Å². The van der Waals surface area contributed by atoms with Crippen molar-refractivity contribution in [3.8, 4) is 0 Å². The molecule has 0 aliphatic heterocycles. The molecule has 1 saturated carbocycles. The van der Waals surface area contributed by atoms with Crippen molar-refractivity contribution in [1.82, 2.24) is 4.90 Å². The molecule has 4 heteroatoms. The van der Waals surface area contributed by atoms with E-state index in [1.807, 2.05) is 13.8 Å². The monoisotopic (exact) mass is 250 g/mol. The molecule has 1 aliphatic carbocycles. The molecule has 0 bridgehead atoms. The van der Waals surface area contributed by atoms with Gasteiger partial charge in [-0.25, -0.2) is 4.39 Å². The second-order valence-electron chi connectivity index (χ2n) is 5.23. The molecular weight excluding hydrogens is 231 g/mol. The first-order valence-corrected chi connectivity index (χ1v) is 6.35. The second-order valence-corrected chi connectivity index (χ2v) is 5.23. The number of carbonyl (C=O) groups is 1. The zero-order valence-corrected chi connectivity index (χ0v) is 10.8. The summed E-state index contributed by atoms with van der Waals surface area (Å²) in [5.41, 5.74) is 6.36. The molecule has 0 radical (unpaired) electrons. The fraction of sp³-hybridized carbons (Fsp3) is 0.500. The largest absolute Gasteiger partial charge is 0.398 e. The summed E-state index contributed by atoms with van der Waals surface area (Å²) in [7, 11) is 0. The van der Waals surface area contributed by atoms with Gasteiger partial charge in [-0.2, -0.15) is 0 Å². The third-order valence-corrected chi connectivity index (χ3v) is 3.28. The zero-order chi connectivity index (χ0) is 13.3. The number of nitrogens with zero attached hydrogens (tertiary/aromatic N) is 1. The van der Waals surface area contributed by atoms with Crippen molar-refractivity contribution in [2.45, 2.75) is 32.7 Å². The van der Waals surface area contributed by atoms with Gasteiger partial charge < -0.3 is 10.6 Å². The molecule has 0 unspecified atom stereocenters. The van der Waals surface area contributed by atoms with E-state index in [0.717, 1.165) is 6.54 Å². The minimum Gasteiger partial charge on any atom is -0.398 e. The number of halogens is 1. The number of rotatable bonds is 4. The second kappa shape index (κ2) is 4.96. The number of hydrogen-bond acceptors (Lipinski definition) is 2. The van der Waals surface area contributed by atoms with E-state index in [4.69, 9.17) is 5.73 Å². The van der Waals surface area contributed by atoms with Crippen LogP contribution in [0.5, 0.6) is 0 Å². The Kier molecular flexibility index (Phi) is 3.55. The van der Waals surface area contributed by atoms with Gasteiger partial charge in [0, 0.05) is 18.3 Å². The maximum absolute atomic E-state index is 13.2. The molecule has 98 valence electrons. The summed E-state index contributed by atoms with van der Waals surface area (Å²) < 4.78 is 13.2. The van der Waals surface area contributed by atoms with E-state index in [1.54, 1.807) is 4.90 Å². The molecule has 0 saturated heterocycles. The van der Waals surface area contributed by atoms with Crippen LogP contribution >= 0.6 is 0 Å². The average Bonchev–Trinajstić information content (AvgIpc) is 3.12. The van der Waals surface area contributed by atoms with Gasteiger partial charge >= 0.3 is 0 Å². The van der Waals surface area contributed by atoms with E-state index >= 15 is 0 Å². The van der Waals surface area contributed by atoms with Crippen LogP contribution in [-0.2, 0) is 0 Å². The summed E-state index contributed by atoms with van der Waals surface area (Å²) >= 11 is 0. The highest BCUT2D eigenvalue weighted by Gasteiger charge is 2.29. The molecule has 0 aromatic heterocycles. The molecule has 18 heavy (non-hydrogen) atoms. The first kappa shape index (κ1) is 12.9. The van der Waals surface area contributed by atoms with Crippen molar-refractivity contribution in [1.29, 1.82) is 0 Å². The van der Waals surface area contributed by atoms with Crippen molar-refractivity contribution in [2.75, 3.05) is 12.3 Å². The number of benzene rings is 1. The fourth-order valence-electron chi connectivity index (χ4n) is 1.98. The van der Waals surface area contributed by atoms with Gasteiger partial charge in [0.2, 0.25) is 0 Å². The van der Waals surface area contributed by atoms with Crippen LogP contribution in [-0.4, -0.2) is 23.4 Å². The topological polar surface area (TPSA) is 46.3 Å². The van der Waals surface area contributed by atoms with Crippen molar-refractivity contribution in [3.63, 3.8) is 0 Å². The number of hydrogen-bond donors (Lipinski definition) is 1. The molecule has 3 nitrogen and oxygen atoms in total. The molecule has 1 aliphatic rings. The minimum absolute atomic E-state index is 0.0979. The molecule has 2 N–H and O–H groups in total. The lowest BCUT2D eigenvalue weighted by atomic mass is 10.1. The van der Waals surface area contributed by atoms with Crippen LogP contribution in [0.2, 0.25) is 0 Å². The van der Waals surface area contributed by atoms with Crippen molar-refractivity contribution >= 4 is 11.6 Å². The summed E-state index contributed by atoms with van der Waals surface area (Å²) in [6.45, 7) is 4.68. The maximum atomic E-state index is 13.2. The van der Waals surface area contributed by atoms with Crippen LogP contribution in [0.15, 0.2) is 18.2 Å². The molecule has 0 atom stereocenters. The Morgan fingerprint density at radius 2 is 2.17 bits per heavy atom.